The average Bonchev–Trinajstić information content (AvgIpc) is 3.01. The number of aromatic nitrogens is 2. The SMILES string of the molecule is CC(C)NC(=O)c1nc(C(=O)Nc2ccc(F)c(F)c2F)c2ccccn12. The zero-order valence-electron chi connectivity index (χ0n) is 14.4. The third-order valence-corrected chi connectivity index (χ3v) is 3.67. The zero-order chi connectivity index (χ0) is 19.7. The molecule has 2 N–H and O–H groups in total. The van der Waals surface area contributed by atoms with Gasteiger partial charge >= 0.3 is 0 Å². The number of amides is 2. The summed E-state index contributed by atoms with van der Waals surface area (Å²) in [4.78, 5) is 28.9. The Morgan fingerprint density at radius 3 is 2.48 bits per heavy atom. The van der Waals surface area contributed by atoms with Gasteiger partial charge in [-0.3, -0.25) is 14.0 Å². The number of imidazole rings is 1. The van der Waals surface area contributed by atoms with Gasteiger partial charge in [0.15, 0.2) is 23.1 Å². The Hall–Kier alpha value is -3.36. The van der Waals surface area contributed by atoms with E-state index in [2.05, 4.69) is 15.6 Å². The van der Waals surface area contributed by atoms with Crippen LogP contribution in [0.2, 0.25) is 0 Å². The van der Waals surface area contributed by atoms with E-state index >= 15 is 0 Å². The van der Waals surface area contributed by atoms with Crippen molar-refractivity contribution in [3.8, 4) is 0 Å². The van der Waals surface area contributed by atoms with Crippen LogP contribution in [-0.4, -0.2) is 27.2 Å². The summed E-state index contributed by atoms with van der Waals surface area (Å²) >= 11 is 0. The van der Waals surface area contributed by atoms with Gasteiger partial charge in [0, 0.05) is 12.2 Å². The van der Waals surface area contributed by atoms with E-state index in [-0.39, 0.29) is 17.6 Å². The number of rotatable bonds is 4. The van der Waals surface area contributed by atoms with E-state index < -0.39 is 35.0 Å². The molecular weight excluding hydrogens is 361 g/mol. The van der Waals surface area contributed by atoms with E-state index in [0.29, 0.717) is 11.6 Å². The number of benzene rings is 1. The molecule has 6 nitrogen and oxygen atoms in total. The van der Waals surface area contributed by atoms with Gasteiger partial charge < -0.3 is 10.6 Å². The lowest BCUT2D eigenvalue weighted by molar-refractivity contribution is 0.0932. The highest BCUT2D eigenvalue weighted by Gasteiger charge is 2.23. The molecule has 0 bridgehead atoms. The predicted molar refractivity (Wildman–Crippen MR) is 92.1 cm³/mol. The number of nitrogens with one attached hydrogen (secondary N) is 2. The van der Waals surface area contributed by atoms with Crippen molar-refractivity contribution in [2.75, 3.05) is 5.32 Å². The van der Waals surface area contributed by atoms with E-state index in [1.165, 1.54) is 4.40 Å². The highest BCUT2D eigenvalue weighted by molar-refractivity contribution is 6.09. The summed E-state index contributed by atoms with van der Waals surface area (Å²) in [7, 11) is 0. The zero-order valence-corrected chi connectivity index (χ0v) is 14.4. The van der Waals surface area contributed by atoms with Crippen molar-refractivity contribution in [2.45, 2.75) is 19.9 Å². The summed E-state index contributed by atoms with van der Waals surface area (Å²) in [6.45, 7) is 3.54. The fraction of sp³-hybridized carbons (Fsp3) is 0.167. The molecule has 140 valence electrons. The van der Waals surface area contributed by atoms with Crippen LogP contribution in [0, 0.1) is 17.5 Å². The van der Waals surface area contributed by atoms with Gasteiger partial charge in [-0.25, -0.2) is 18.2 Å². The summed E-state index contributed by atoms with van der Waals surface area (Å²) in [5.74, 6) is -5.98. The third-order valence-electron chi connectivity index (χ3n) is 3.67. The summed E-state index contributed by atoms with van der Waals surface area (Å²) in [6.07, 6.45) is 1.55. The molecule has 3 rings (SSSR count). The Morgan fingerprint density at radius 1 is 1.04 bits per heavy atom. The van der Waals surface area contributed by atoms with E-state index in [9.17, 15) is 22.8 Å². The van der Waals surface area contributed by atoms with E-state index in [1.54, 1.807) is 38.2 Å². The van der Waals surface area contributed by atoms with Crippen molar-refractivity contribution in [1.82, 2.24) is 14.7 Å². The maximum Gasteiger partial charge on any atom is 0.287 e. The number of pyridine rings is 1. The number of fused-ring (bicyclic) bond motifs is 1. The minimum atomic E-state index is -1.69. The van der Waals surface area contributed by atoms with E-state index in [0.717, 1.165) is 6.07 Å². The highest BCUT2D eigenvalue weighted by Crippen LogP contribution is 2.21. The monoisotopic (exact) mass is 376 g/mol. The minimum Gasteiger partial charge on any atom is -0.347 e. The first kappa shape index (κ1) is 18.4. The number of carbonyl (C=O) groups excluding carboxylic acids is 2. The standard InChI is InChI=1S/C18H15F3N4O2/c1-9(2)22-18(27)16-24-15(12-5-3-4-8-25(12)16)17(26)23-11-7-6-10(19)13(20)14(11)21/h3-9H,1-2H3,(H,22,27)(H,23,26). The lowest BCUT2D eigenvalue weighted by Crippen LogP contribution is -2.31. The van der Waals surface area contributed by atoms with Gasteiger partial charge in [-0.15, -0.1) is 0 Å². The fourth-order valence-corrected chi connectivity index (χ4v) is 2.50. The topological polar surface area (TPSA) is 75.5 Å². The first-order valence-electron chi connectivity index (χ1n) is 8.02. The lowest BCUT2D eigenvalue weighted by atomic mass is 10.2. The molecule has 2 heterocycles. The minimum absolute atomic E-state index is 0.0322. The molecule has 0 saturated carbocycles. The maximum absolute atomic E-state index is 13.8. The van der Waals surface area contributed by atoms with Crippen molar-refractivity contribution in [2.24, 2.45) is 0 Å². The normalized spacial score (nSPS) is 11.0. The molecule has 0 aliphatic heterocycles. The Morgan fingerprint density at radius 2 is 1.78 bits per heavy atom. The Kier molecular flexibility index (Phi) is 4.85. The number of hydrogen-bond acceptors (Lipinski definition) is 3. The molecule has 0 radical (unpaired) electrons. The van der Waals surface area contributed by atoms with Crippen molar-refractivity contribution >= 4 is 23.0 Å². The molecule has 0 unspecified atom stereocenters. The molecule has 0 aliphatic rings. The molecule has 0 spiro atoms. The van der Waals surface area contributed by atoms with Crippen LogP contribution in [0.5, 0.6) is 0 Å². The second-order valence-electron chi connectivity index (χ2n) is 6.05. The Labute approximate surface area is 152 Å². The maximum atomic E-state index is 13.8. The van der Waals surface area contributed by atoms with Crippen molar-refractivity contribution in [3.63, 3.8) is 0 Å². The summed E-state index contributed by atoms with van der Waals surface area (Å²) < 4.78 is 41.6. The molecule has 0 saturated heterocycles. The van der Waals surface area contributed by atoms with Crippen LogP contribution >= 0.6 is 0 Å². The summed E-state index contributed by atoms with van der Waals surface area (Å²) in [5, 5.41) is 4.82. The Bertz CT molecular complexity index is 1050. The Balaban J connectivity index is 2.00. The van der Waals surface area contributed by atoms with Crippen molar-refractivity contribution in [1.29, 1.82) is 0 Å². The summed E-state index contributed by atoms with van der Waals surface area (Å²) in [5.41, 5.74) is -0.398. The van der Waals surface area contributed by atoms with Crippen molar-refractivity contribution < 1.29 is 22.8 Å². The third kappa shape index (κ3) is 3.48. The first-order chi connectivity index (χ1) is 12.8. The van der Waals surface area contributed by atoms with Crippen LogP contribution in [-0.2, 0) is 0 Å². The van der Waals surface area contributed by atoms with E-state index in [4.69, 9.17) is 0 Å². The molecule has 0 atom stereocenters. The van der Waals surface area contributed by atoms with Crippen LogP contribution in [0.25, 0.3) is 5.52 Å². The molecule has 2 aromatic heterocycles. The predicted octanol–water partition coefficient (Wildman–Crippen LogP) is 3.14. The quantitative estimate of drug-likeness (QED) is 0.687. The molecule has 0 fully saturated rings. The number of halogens is 3. The smallest absolute Gasteiger partial charge is 0.287 e. The summed E-state index contributed by atoms with van der Waals surface area (Å²) in [6, 6.07) is 6.28. The molecular formula is C18H15F3N4O2. The van der Waals surface area contributed by atoms with Gasteiger partial charge in [0.05, 0.1) is 11.2 Å². The fourth-order valence-electron chi connectivity index (χ4n) is 2.50. The average molecular weight is 376 g/mol. The highest BCUT2D eigenvalue weighted by atomic mass is 19.2. The first-order valence-corrected chi connectivity index (χ1v) is 8.02. The molecule has 3 aromatic rings. The molecule has 9 heteroatoms. The van der Waals surface area contributed by atoms with Gasteiger partial charge in [0.2, 0.25) is 5.82 Å². The van der Waals surface area contributed by atoms with E-state index in [1.807, 2.05) is 0 Å². The van der Waals surface area contributed by atoms with Crippen LogP contribution in [0.3, 0.4) is 0 Å². The van der Waals surface area contributed by atoms with Crippen LogP contribution in [0.4, 0.5) is 18.9 Å². The second kappa shape index (κ2) is 7.10. The molecule has 2 amide bonds. The van der Waals surface area contributed by atoms with Crippen molar-refractivity contribution in [3.05, 3.63) is 65.5 Å². The molecule has 0 aliphatic carbocycles. The van der Waals surface area contributed by atoms with Gasteiger partial charge in [-0.05, 0) is 38.1 Å². The number of carbonyl (C=O) groups is 2. The van der Waals surface area contributed by atoms with Gasteiger partial charge in [-0.1, -0.05) is 6.07 Å². The molecule has 1 aromatic carbocycles. The largest absolute Gasteiger partial charge is 0.347 e. The van der Waals surface area contributed by atoms with Crippen LogP contribution in [0.1, 0.15) is 35.0 Å². The second-order valence-corrected chi connectivity index (χ2v) is 6.05. The van der Waals surface area contributed by atoms with Gasteiger partial charge in [0.25, 0.3) is 11.8 Å². The number of hydrogen-bond donors (Lipinski definition) is 2. The van der Waals surface area contributed by atoms with Gasteiger partial charge in [-0.2, -0.15) is 0 Å². The number of anilines is 1. The number of nitrogens with zero attached hydrogens (tertiary/aromatic N) is 2. The van der Waals surface area contributed by atoms with Crippen LogP contribution < -0.4 is 10.6 Å². The molecule has 27 heavy (non-hydrogen) atoms. The lowest BCUT2D eigenvalue weighted by Gasteiger charge is -2.06. The van der Waals surface area contributed by atoms with Crippen LogP contribution in [0.15, 0.2) is 36.5 Å². The van der Waals surface area contributed by atoms with Gasteiger partial charge in [0.1, 0.15) is 0 Å².